The van der Waals surface area contributed by atoms with Crippen molar-refractivity contribution in [3.8, 4) is 0 Å². The molecule has 2 aromatic carbocycles. The molecule has 0 aromatic heterocycles. The molecule has 4 heteroatoms. The minimum absolute atomic E-state index is 0.237. The summed E-state index contributed by atoms with van der Waals surface area (Å²) in [5.74, 6) is 0. The Bertz CT molecular complexity index is 584. The van der Waals surface area contributed by atoms with Crippen LogP contribution in [-0.2, 0) is 6.42 Å². The van der Waals surface area contributed by atoms with Crippen LogP contribution in [0.15, 0.2) is 46.9 Å². The van der Waals surface area contributed by atoms with Gasteiger partial charge < -0.3 is 5.32 Å². The van der Waals surface area contributed by atoms with Crippen LogP contribution in [0.5, 0.6) is 0 Å². The van der Waals surface area contributed by atoms with Crippen molar-refractivity contribution >= 4 is 39.1 Å². The van der Waals surface area contributed by atoms with E-state index in [9.17, 15) is 0 Å². The highest BCUT2D eigenvalue weighted by molar-refractivity contribution is 9.10. The standard InChI is InChI=1S/C17H18BrCl2N/c1-2-9-21-17(10-12-3-6-14(18)7-4-12)13-5-8-15(19)16(20)11-13/h3-8,11,17,21H,2,9-10H2,1H3. The lowest BCUT2D eigenvalue weighted by Gasteiger charge is -2.20. The number of halogens is 3. The molecule has 0 saturated carbocycles. The molecule has 2 rings (SSSR count). The second-order valence-corrected chi connectivity index (χ2v) is 6.74. The Morgan fingerprint density at radius 2 is 1.76 bits per heavy atom. The van der Waals surface area contributed by atoms with Gasteiger partial charge >= 0.3 is 0 Å². The summed E-state index contributed by atoms with van der Waals surface area (Å²) in [5.41, 5.74) is 2.46. The van der Waals surface area contributed by atoms with Gasteiger partial charge in [0.25, 0.3) is 0 Å². The third-order valence-corrected chi connectivity index (χ3v) is 4.61. The van der Waals surface area contributed by atoms with Crippen LogP contribution < -0.4 is 5.32 Å². The van der Waals surface area contributed by atoms with E-state index in [0.29, 0.717) is 10.0 Å². The first kappa shape index (κ1) is 16.8. The van der Waals surface area contributed by atoms with Crippen molar-refractivity contribution in [3.63, 3.8) is 0 Å². The van der Waals surface area contributed by atoms with Gasteiger partial charge in [-0.2, -0.15) is 0 Å². The second-order valence-electron chi connectivity index (χ2n) is 5.01. The highest BCUT2D eigenvalue weighted by atomic mass is 79.9. The van der Waals surface area contributed by atoms with E-state index in [2.05, 4.69) is 52.4 Å². The van der Waals surface area contributed by atoms with Crippen molar-refractivity contribution in [1.29, 1.82) is 0 Å². The Morgan fingerprint density at radius 3 is 2.38 bits per heavy atom. The average molecular weight is 387 g/mol. The predicted molar refractivity (Wildman–Crippen MR) is 95.3 cm³/mol. The zero-order valence-electron chi connectivity index (χ0n) is 11.9. The van der Waals surface area contributed by atoms with E-state index < -0.39 is 0 Å². The Balaban J connectivity index is 2.20. The molecule has 1 N–H and O–H groups in total. The molecule has 112 valence electrons. The summed E-state index contributed by atoms with van der Waals surface area (Å²) in [4.78, 5) is 0. The zero-order valence-corrected chi connectivity index (χ0v) is 15.0. The molecule has 0 radical (unpaired) electrons. The normalized spacial score (nSPS) is 12.4. The Hall–Kier alpha value is -0.540. The van der Waals surface area contributed by atoms with Crippen LogP contribution in [0.25, 0.3) is 0 Å². The molecular formula is C17H18BrCl2N. The van der Waals surface area contributed by atoms with Crippen molar-refractivity contribution in [3.05, 3.63) is 68.1 Å². The summed E-state index contributed by atoms with van der Waals surface area (Å²) >= 11 is 15.6. The van der Waals surface area contributed by atoms with Crippen molar-refractivity contribution in [2.24, 2.45) is 0 Å². The highest BCUT2D eigenvalue weighted by Crippen LogP contribution is 2.27. The summed E-state index contributed by atoms with van der Waals surface area (Å²) in [6.07, 6.45) is 2.02. The first-order chi connectivity index (χ1) is 10.1. The topological polar surface area (TPSA) is 12.0 Å². The zero-order chi connectivity index (χ0) is 15.2. The Labute approximate surface area is 144 Å². The van der Waals surface area contributed by atoms with Gasteiger partial charge in [-0.25, -0.2) is 0 Å². The highest BCUT2D eigenvalue weighted by Gasteiger charge is 2.13. The van der Waals surface area contributed by atoms with Crippen LogP contribution in [0.2, 0.25) is 10.0 Å². The summed E-state index contributed by atoms with van der Waals surface area (Å²) in [6, 6.07) is 14.5. The van der Waals surface area contributed by atoms with Crippen molar-refractivity contribution in [2.45, 2.75) is 25.8 Å². The maximum atomic E-state index is 6.15. The molecule has 0 bridgehead atoms. The third kappa shape index (κ3) is 5.00. The maximum absolute atomic E-state index is 6.15. The fourth-order valence-corrected chi connectivity index (χ4v) is 2.78. The monoisotopic (exact) mass is 385 g/mol. The minimum Gasteiger partial charge on any atom is -0.310 e. The van der Waals surface area contributed by atoms with E-state index >= 15 is 0 Å². The summed E-state index contributed by atoms with van der Waals surface area (Å²) in [5, 5.41) is 4.78. The average Bonchev–Trinajstić information content (AvgIpc) is 2.48. The molecule has 21 heavy (non-hydrogen) atoms. The molecule has 0 aliphatic heterocycles. The van der Waals surface area contributed by atoms with Crippen molar-refractivity contribution in [2.75, 3.05) is 6.54 Å². The molecule has 0 spiro atoms. The van der Waals surface area contributed by atoms with Crippen LogP contribution in [0.3, 0.4) is 0 Å². The molecule has 0 amide bonds. The number of rotatable bonds is 6. The van der Waals surface area contributed by atoms with Crippen LogP contribution >= 0.6 is 39.1 Å². The second kappa shape index (κ2) is 8.19. The maximum Gasteiger partial charge on any atom is 0.0595 e. The number of hydrogen-bond donors (Lipinski definition) is 1. The van der Waals surface area contributed by atoms with Gasteiger partial charge in [0.15, 0.2) is 0 Å². The summed E-state index contributed by atoms with van der Waals surface area (Å²) < 4.78 is 1.10. The largest absolute Gasteiger partial charge is 0.310 e. The van der Waals surface area contributed by atoms with Crippen LogP contribution in [0.4, 0.5) is 0 Å². The third-order valence-electron chi connectivity index (χ3n) is 3.34. The fourth-order valence-electron chi connectivity index (χ4n) is 2.21. The Kier molecular flexibility index (Phi) is 6.56. The van der Waals surface area contributed by atoms with E-state index in [1.165, 1.54) is 11.1 Å². The fraction of sp³-hybridized carbons (Fsp3) is 0.294. The molecule has 0 saturated heterocycles. The first-order valence-electron chi connectivity index (χ1n) is 7.03. The molecule has 1 nitrogen and oxygen atoms in total. The van der Waals surface area contributed by atoms with Gasteiger partial charge in [0.1, 0.15) is 0 Å². The quantitative estimate of drug-likeness (QED) is 0.638. The summed E-state index contributed by atoms with van der Waals surface area (Å²) in [6.45, 7) is 3.14. The molecular weight excluding hydrogens is 369 g/mol. The van der Waals surface area contributed by atoms with E-state index in [1.807, 2.05) is 18.2 Å². The van der Waals surface area contributed by atoms with Gasteiger partial charge in [0.2, 0.25) is 0 Å². The lowest BCUT2D eigenvalue weighted by Crippen LogP contribution is -2.24. The van der Waals surface area contributed by atoms with Gasteiger partial charge in [-0.05, 0) is 54.8 Å². The number of nitrogens with one attached hydrogen (secondary N) is 1. The molecule has 0 aliphatic rings. The molecule has 1 unspecified atom stereocenters. The molecule has 2 aromatic rings. The molecule has 1 atom stereocenters. The van der Waals surface area contributed by atoms with E-state index in [1.54, 1.807) is 0 Å². The molecule has 0 fully saturated rings. The lowest BCUT2D eigenvalue weighted by molar-refractivity contribution is 0.529. The van der Waals surface area contributed by atoms with Gasteiger partial charge in [-0.1, -0.05) is 64.3 Å². The van der Waals surface area contributed by atoms with Gasteiger partial charge in [-0.3, -0.25) is 0 Å². The first-order valence-corrected chi connectivity index (χ1v) is 8.58. The molecule has 0 heterocycles. The van der Waals surface area contributed by atoms with Crippen LogP contribution in [0, 0.1) is 0 Å². The minimum atomic E-state index is 0.237. The summed E-state index contributed by atoms with van der Waals surface area (Å²) in [7, 11) is 0. The smallest absolute Gasteiger partial charge is 0.0595 e. The Morgan fingerprint density at radius 1 is 1.05 bits per heavy atom. The van der Waals surface area contributed by atoms with Crippen LogP contribution in [0.1, 0.15) is 30.5 Å². The van der Waals surface area contributed by atoms with E-state index in [0.717, 1.165) is 23.9 Å². The van der Waals surface area contributed by atoms with Gasteiger partial charge in [0, 0.05) is 10.5 Å². The van der Waals surface area contributed by atoms with E-state index in [-0.39, 0.29) is 6.04 Å². The molecule has 0 aliphatic carbocycles. The SMILES string of the molecule is CCCNC(Cc1ccc(Br)cc1)c1ccc(Cl)c(Cl)c1. The number of hydrogen-bond acceptors (Lipinski definition) is 1. The van der Waals surface area contributed by atoms with Gasteiger partial charge in [0.05, 0.1) is 10.0 Å². The van der Waals surface area contributed by atoms with Crippen molar-refractivity contribution in [1.82, 2.24) is 5.32 Å². The van der Waals surface area contributed by atoms with Crippen molar-refractivity contribution < 1.29 is 0 Å². The van der Waals surface area contributed by atoms with Crippen LogP contribution in [-0.4, -0.2) is 6.54 Å². The van der Waals surface area contributed by atoms with Gasteiger partial charge in [-0.15, -0.1) is 0 Å². The number of benzene rings is 2. The van der Waals surface area contributed by atoms with E-state index in [4.69, 9.17) is 23.2 Å². The lowest BCUT2D eigenvalue weighted by atomic mass is 9.99. The predicted octanol–water partition coefficient (Wildman–Crippen LogP) is 6.04.